The third-order valence-electron chi connectivity index (χ3n) is 3.85. The van der Waals surface area contributed by atoms with E-state index >= 15 is 0 Å². The second-order valence-corrected chi connectivity index (χ2v) is 5.38. The number of imidazole rings is 1. The van der Waals surface area contributed by atoms with Gasteiger partial charge in [0.05, 0.1) is 31.3 Å². The van der Waals surface area contributed by atoms with Crippen LogP contribution >= 0.6 is 0 Å². The maximum atomic E-state index is 9.56. The van der Waals surface area contributed by atoms with E-state index in [1.165, 1.54) is 0 Å². The second kappa shape index (κ2) is 6.17. The number of fused-ring (bicyclic) bond motifs is 1. The summed E-state index contributed by atoms with van der Waals surface area (Å²) in [6, 6.07) is 15.2. The van der Waals surface area contributed by atoms with Gasteiger partial charge in [-0.05, 0) is 29.8 Å². The van der Waals surface area contributed by atoms with Crippen molar-refractivity contribution in [3.05, 3.63) is 72.3 Å². The average molecular weight is 320 g/mol. The SMILES string of the molecule is OCc1ccccc1-c1cnc2ccc(NCc3ccco3)nn12. The lowest BCUT2D eigenvalue weighted by molar-refractivity contribution is 0.282. The van der Waals surface area contributed by atoms with Crippen LogP contribution in [0, 0.1) is 0 Å². The number of anilines is 1. The van der Waals surface area contributed by atoms with E-state index in [1.54, 1.807) is 17.0 Å². The van der Waals surface area contributed by atoms with Crippen LogP contribution < -0.4 is 5.32 Å². The Hall–Kier alpha value is -3.12. The average Bonchev–Trinajstić information content (AvgIpc) is 3.29. The summed E-state index contributed by atoms with van der Waals surface area (Å²) in [7, 11) is 0. The summed E-state index contributed by atoms with van der Waals surface area (Å²) in [5.41, 5.74) is 3.36. The fourth-order valence-electron chi connectivity index (χ4n) is 2.65. The highest BCUT2D eigenvalue weighted by molar-refractivity contribution is 5.67. The molecule has 0 unspecified atom stereocenters. The molecule has 0 amide bonds. The first-order valence-corrected chi connectivity index (χ1v) is 7.65. The number of aliphatic hydroxyl groups is 1. The van der Waals surface area contributed by atoms with Crippen LogP contribution in [0.15, 0.2) is 65.4 Å². The summed E-state index contributed by atoms with van der Waals surface area (Å²) in [5.74, 6) is 1.56. The normalized spacial score (nSPS) is 11.0. The van der Waals surface area contributed by atoms with E-state index in [0.717, 1.165) is 34.0 Å². The predicted octanol–water partition coefficient (Wildman–Crippen LogP) is 3.09. The highest BCUT2D eigenvalue weighted by Crippen LogP contribution is 2.24. The Kier molecular flexibility index (Phi) is 3.72. The third-order valence-corrected chi connectivity index (χ3v) is 3.85. The summed E-state index contributed by atoms with van der Waals surface area (Å²) in [6.45, 7) is 0.530. The van der Waals surface area contributed by atoms with Gasteiger partial charge in [-0.2, -0.15) is 0 Å². The minimum absolute atomic E-state index is 0.0279. The van der Waals surface area contributed by atoms with Gasteiger partial charge in [0, 0.05) is 5.56 Å². The standard InChI is InChI=1S/C18H16N4O2/c23-12-13-4-1-2-6-15(13)16-11-20-18-8-7-17(21-22(16)18)19-10-14-5-3-9-24-14/h1-9,11,23H,10,12H2,(H,19,21). The van der Waals surface area contributed by atoms with Gasteiger partial charge in [-0.1, -0.05) is 24.3 Å². The highest BCUT2D eigenvalue weighted by Gasteiger charge is 2.11. The zero-order valence-corrected chi connectivity index (χ0v) is 12.9. The van der Waals surface area contributed by atoms with Crippen LogP contribution in [-0.2, 0) is 13.2 Å². The number of hydrogen-bond acceptors (Lipinski definition) is 5. The summed E-state index contributed by atoms with van der Waals surface area (Å²) >= 11 is 0. The van der Waals surface area contributed by atoms with Crippen LogP contribution in [0.25, 0.3) is 16.9 Å². The van der Waals surface area contributed by atoms with Crippen LogP contribution in [0.5, 0.6) is 0 Å². The quantitative estimate of drug-likeness (QED) is 0.591. The molecule has 0 bridgehead atoms. The van der Waals surface area contributed by atoms with Gasteiger partial charge in [-0.15, -0.1) is 5.10 Å². The van der Waals surface area contributed by atoms with Gasteiger partial charge in [0.15, 0.2) is 5.65 Å². The molecule has 6 heteroatoms. The number of hydrogen-bond donors (Lipinski definition) is 2. The maximum absolute atomic E-state index is 9.56. The smallest absolute Gasteiger partial charge is 0.154 e. The van der Waals surface area contributed by atoms with E-state index in [-0.39, 0.29) is 6.61 Å². The minimum atomic E-state index is -0.0279. The van der Waals surface area contributed by atoms with Crippen molar-refractivity contribution in [2.75, 3.05) is 5.32 Å². The first-order valence-electron chi connectivity index (χ1n) is 7.65. The zero-order chi connectivity index (χ0) is 16.4. The van der Waals surface area contributed by atoms with E-state index in [2.05, 4.69) is 15.4 Å². The molecule has 0 radical (unpaired) electrons. The van der Waals surface area contributed by atoms with Crippen molar-refractivity contribution >= 4 is 11.5 Å². The molecule has 4 rings (SSSR count). The van der Waals surface area contributed by atoms with Crippen molar-refractivity contribution in [2.24, 2.45) is 0 Å². The van der Waals surface area contributed by atoms with Crippen molar-refractivity contribution in [1.82, 2.24) is 14.6 Å². The molecule has 1 aromatic carbocycles. The number of aliphatic hydroxyl groups excluding tert-OH is 1. The Labute approximate surface area is 138 Å². The fourth-order valence-corrected chi connectivity index (χ4v) is 2.65. The molecule has 0 fully saturated rings. The second-order valence-electron chi connectivity index (χ2n) is 5.38. The predicted molar refractivity (Wildman–Crippen MR) is 90.4 cm³/mol. The van der Waals surface area contributed by atoms with Crippen LogP contribution in [0.3, 0.4) is 0 Å². The van der Waals surface area contributed by atoms with Crippen LogP contribution in [0.1, 0.15) is 11.3 Å². The Balaban J connectivity index is 1.71. The number of benzene rings is 1. The van der Waals surface area contributed by atoms with Crippen molar-refractivity contribution in [3.8, 4) is 11.3 Å². The molecule has 0 aliphatic heterocycles. The van der Waals surface area contributed by atoms with Gasteiger partial charge >= 0.3 is 0 Å². The van der Waals surface area contributed by atoms with Gasteiger partial charge in [0.25, 0.3) is 0 Å². The lowest BCUT2D eigenvalue weighted by Crippen LogP contribution is -2.04. The Morgan fingerprint density at radius 2 is 2.00 bits per heavy atom. The first-order chi connectivity index (χ1) is 11.8. The van der Waals surface area contributed by atoms with Gasteiger partial charge in [-0.3, -0.25) is 0 Å². The molecule has 0 saturated carbocycles. The molecule has 120 valence electrons. The van der Waals surface area contributed by atoms with Gasteiger partial charge in [0.2, 0.25) is 0 Å². The molecule has 2 N–H and O–H groups in total. The molecule has 4 aromatic rings. The largest absolute Gasteiger partial charge is 0.467 e. The van der Waals surface area contributed by atoms with Crippen LogP contribution in [0.4, 0.5) is 5.82 Å². The summed E-state index contributed by atoms with van der Waals surface area (Å²) in [4.78, 5) is 4.39. The molecular weight excluding hydrogens is 304 g/mol. The van der Waals surface area contributed by atoms with E-state index in [9.17, 15) is 5.11 Å². The van der Waals surface area contributed by atoms with E-state index < -0.39 is 0 Å². The molecule has 0 spiro atoms. The molecule has 0 aliphatic rings. The van der Waals surface area contributed by atoms with Crippen LogP contribution in [0.2, 0.25) is 0 Å². The summed E-state index contributed by atoms with van der Waals surface area (Å²) < 4.78 is 7.09. The zero-order valence-electron chi connectivity index (χ0n) is 12.9. The first kappa shape index (κ1) is 14.5. The molecule has 3 heterocycles. The molecule has 0 saturated heterocycles. The number of nitrogens with one attached hydrogen (secondary N) is 1. The van der Waals surface area contributed by atoms with E-state index in [0.29, 0.717) is 6.54 Å². The highest BCUT2D eigenvalue weighted by atomic mass is 16.3. The number of nitrogens with zero attached hydrogens (tertiary/aromatic N) is 3. The van der Waals surface area contributed by atoms with Crippen LogP contribution in [-0.4, -0.2) is 19.7 Å². The maximum Gasteiger partial charge on any atom is 0.154 e. The van der Waals surface area contributed by atoms with Crippen molar-refractivity contribution in [2.45, 2.75) is 13.2 Å². The molecule has 24 heavy (non-hydrogen) atoms. The third kappa shape index (κ3) is 2.63. The molecule has 0 aliphatic carbocycles. The molecule has 6 nitrogen and oxygen atoms in total. The Bertz CT molecular complexity index is 960. The summed E-state index contributed by atoms with van der Waals surface area (Å²) in [6.07, 6.45) is 3.42. The monoisotopic (exact) mass is 320 g/mol. The fraction of sp³-hybridized carbons (Fsp3) is 0.111. The Morgan fingerprint density at radius 3 is 2.83 bits per heavy atom. The van der Waals surface area contributed by atoms with Crippen molar-refractivity contribution < 1.29 is 9.52 Å². The number of rotatable bonds is 5. The van der Waals surface area contributed by atoms with E-state index in [4.69, 9.17) is 4.42 Å². The summed E-state index contributed by atoms with van der Waals surface area (Å²) in [5, 5.41) is 17.4. The lowest BCUT2D eigenvalue weighted by Gasteiger charge is -2.08. The van der Waals surface area contributed by atoms with E-state index in [1.807, 2.05) is 48.5 Å². The van der Waals surface area contributed by atoms with Gasteiger partial charge < -0.3 is 14.8 Å². The van der Waals surface area contributed by atoms with Crippen molar-refractivity contribution in [3.63, 3.8) is 0 Å². The number of furan rings is 1. The molecular formula is C18H16N4O2. The van der Waals surface area contributed by atoms with Gasteiger partial charge in [-0.25, -0.2) is 9.50 Å². The van der Waals surface area contributed by atoms with Gasteiger partial charge in [0.1, 0.15) is 11.6 Å². The lowest BCUT2D eigenvalue weighted by atomic mass is 10.1. The van der Waals surface area contributed by atoms with Crippen molar-refractivity contribution in [1.29, 1.82) is 0 Å². The molecule has 3 aromatic heterocycles. The minimum Gasteiger partial charge on any atom is -0.467 e. The Morgan fingerprint density at radius 1 is 1.08 bits per heavy atom. The number of aromatic nitrogens is 3. The topological polar surface area (TPSA) is 75.6 Å². The molecule has 0 atom stereocenters.